The maximum absolute atomic E-state index is 13.3. The van der Waals surface area contributed by atoms with Crippen LogP contribution in [-0.4, -0.2) is 12.0 Å². The van der Waals surface area contributed by atoms with E-state index in [2.05, 4.69) is 6.58 Å². The van der Waals surface area contributed by atoms with Crippen LogP contribution in [0, 0.1) is 0 Å². The molecular formula is C13H17F2N. The van der Waals surface area contributed by atoms with Crippen LogP contribution < -0.4 is 5.73 Å². The molecule has 1 rings (SSSR count). The maximum atomic E-state index is 13.3. The lowest BCUT2D eigenvalue weighted by Gasteiger charge is -2.22. The van der Waals surface area contributed by atoms with Crippen molar-refractivity contribution >= 4 is 0 Å². The van der Waals surface area contributed by atoms with Crippen LogP contribution in [0.3, 0.4) is 0 Å². The van der Waals surface area contributed by atoms with E-state index in [-0.39, 0.29) is 12.0 Å². The number of rotatable bonds is 5. The normalized spacial score (nSPS) is 13.5. The van der Waals surface area contributed by atoms with Crippen molar-refractivity contribution in [3.05, 3.63) is 48.0 Å². The summed E-state index contributed by atoms with van der Waals surface area (Å²) in [4.78, 5) is 0. The predicted octanol–water partition coefficient (Wildman–Crippen LogP) is 3.16. The highest BCUT2D eigenvalue weighted by Gasteiger charge is 2.33. The van der Waals surface area contributed by atoms with Crippen LogP contribution in [0.2, 0.25) is 0 Å². The molecule has 1 aromatic rings. The predicted molar refractivity (Wildman–Crippen MR) is 62.5 cm³/mol. The van der Waals surface area contributed by atoms with Gasteiger partial charge >= 0.3 is 0 Å². The molecule has 0 bridgehead atoms. The summed E-state index contributed by atoms with van der Waals surface area (Å²) in [5.41, 5.74) is 6.50. The Morgan fingerprint density at radius 2 is 1.94 bits per heavy atom. The summed E-state index contributed by atoms with van der Waals surface area (Å²) in [5.74, 6) is -2.87. The van der Waals surface area contributed by atoms with Gasteiger partial charge in [0.2, 0.25) is 0 Å². The van der Waals surface area contributed by atoms with E-state index in [4.69, 9.17) is 5.73 Å². The van der Waals surface area contributed by atoms with E-state index in [0.29, 0.717) is 6.42 Å². The van der Waals surface area contributed by atoms with Crippen molar-refractivity contribution in [2.75, 3.05) is 0 Å². The van der Waals surface area contributed by atoms with Crippen molar-refractivity contribution in [3.8, 4) is 0 Å². The van der Waals surface area contributed by atoms with Gasteiger partial charge in [-0.1, -0.05) is 43.8 Å². The summed E-state index contributed by atoms with van der Waals surface area (Å²) in [5, 5.41) is 0. The Bertz CT molecular complexity index is 346. The van der Waals surface area contributed by atoms with E-state index in [1.165, 1.54) is 6.92 Å². The van der Waals surface area contributed by atoms with Gasteiger partial charge in [0.1, 0.15) is 0 Å². The fourth-order valence-electron chi connectivity index (χ4n) is 1.49. The molecule has 3 heteroatoms. The van der Waals surface area contributed by atoms with Crippen molar-refractivity contribution < 1.29 is 8.78 Å². The van der Waals surface area contributed by atoms with Gasteiger partial charge in [0, 0.05) is 18.0 Å². The Morgan fingerprint density at radius 1 is 1.38 bits per heavy atom. The van der Waals surface area contributed by atoms with Crippen LogP contribution in [-0.2, 0) is 6.42 Å². The van der Waals surface area contributed by atoms with Gasteiger partial charge in [-0.2, -0.15) is 0 Å². The second-order valence-electron chi connectivity index (χ2n) is 3.88. The van der Waals surface area contributed by atoms with Gasteiger partial charge in [0.25, 0.3) is 5.92 Å². The molecule has 0 radical (unpaired) electrons. The molecule has 88 valence electrons. The summed E-state index contributed by atoms with van der Waals surface area (Å²) >= 11 is 0. The quantitative estimate of drug-likeness (QED) is 0.765. The van der Waals surface area contributed by atoms with Crippen LogP contribution in [0.4, 0.5) is 8.78 Å². The summed E-state index contributed by atoms with van der Waals surface area (Å²) in [7, 11) is 0. The molecule has 1 unspecified atom stereocenters. The largest absolute Gasteiger partial charge is 0.324 e. The Labute approximate surface area is 95.0 Å². The van der Waals surface area contributed by atoms with E-state index < -0.39 is 12.0 Å². The second kappa shape index (κ2) is 5.21. The molecule has 0 aromatic heterocycles. The van der Waals surface area contributed by atoms with E-state index in [1.807, 2.05) is 30.3 Å². The van der Waals surface area contributed by atoms with E-state index in [9.17, 15) is 8.78 Å². The summed E-state index contributed by atoms with van der Waals surface area (Å²) in [6, 6.07) is 8.65. The maximum Gasteiger partial charge on any atom is 0.270 e. The average Bonchev–Trinajstić information content (AvgIpc) is 2.29. The molecule has 0 saturated carbocycles. The number of nitrogens with two attached hydrogens (primary N) is 1. The van der Waals surface area contributed by atoms with Gasteiger partial charge in [-0.3, -0.25) is 0 Å². The van der Waals surface area contributed by atoms with Crippen molar-refractivity contribution in [1.82, 2.24) is 0 Å². The minimum Gasteiger partial charge on any atom is -0.324 e. The fraction of sp³-hybridized carbons (Fsp3) is 0.385. The molecule has 0 heterocycles. The number of alkyl halides is 2. The lowest BCUT2D eigenvalue weighted by Crippen LogP contribution is -2.34. The fourth-order valence-corrected chi connectivity index (χ4v) is 1.49. The van der Waals surface area contributed by atoms with Gasteiger partial charge in [0.05, 0.1) is 0 Å². The van der Waals surface area contributed by atoms with Crippen LogP contribution >= 0.6 is 0 Å². The lowest BCUT2D eigenvalue weighted by atomic mass is 9.95. The van der Waals surface area contributed by atoms with Gasteiger partial charge in [-0.05, 0) is 12.0 Å². The summed E-state index contributed by atoms with van der Waals surface area (Å²) in [6.45, 7) is 4.85. The third kappa shape index (κ3) is 3.14. The van der Waals surface area contributed by atoms with Crippen LogP contribution in [0.1, 0.15) is 18.9 Å². The molecule has 0 aliphatic rings. The zero-order valence-corrected chi connectivity index (χ0v) is 9.42. The molecule has 1 nitrogen and oxygen atoms in total. The van der Waals surface area contributed by atoms with Crippen molar-refractivity contribution in [3.63, 3.8) is 0 Å². The Hall–Kier alpha value is -1.22. The molecule has 0 aliphatic carbocycles. The highest BCUT2D eigenvalue weighted by Crippen LogP contribution is 2.28. The zero-order valence-electron chi connectivity index (χ0n) is 9.42. The first kappa shape index (κ1) is 12.8. The highest BCUT2D eigenvalue weighted by atomic mass is 19.3. The molecule has 1 atom stereocenters. The van der Waals surface area contributed by atoms with Gasteiger partial charge < -0.3 is 5.73 Å². The van der Waals surface area contributed by atoms with Gasteiger partial charge in [-0.25, -0.2) is 8.78 Å². The lowest BCUT2D eigenvalue weighted by molar-refractivity contribution is 0.0322. The average molecular weight is 225 g/mol. The van der Waals surface area contributed by atoms with Crippen molar-refractivity contribution in [2.24, 2.45) is 5.73 Å². The third-order valence-corrected chi connectivity index (χ3v) is 2.66. The second-order valence-corrected chi connectivity index (χ2v) is 3.88. The summed E-state index contributed by atoms with van der Waals surface area (Å²) < 4.78 is 26.6. The third-order valence-electron chi connectivity index (χ3n) is 2.66. The smallest absolute Gasteiger partial charge is 0.270 e. The van der Waals surface area contributed by atoms with Crippen molar-refractivity contribution in [1.29, 1.82) is 0 Å². The van der Waals surface area contributed by atoms with Crippen LogP contribution in [0.25, 0.3) is 0 Å². The first-order valence-corrected chi connectivity index (χ1v) is 5.34. The van der Waals surface area contributed by atoms with Gasteiger partial charge in [-0.15, -0.1) is 0 Å². The van der Waals surface area contributed by atoms with E-state index in [1.54, 1.807) is 0 Å². The Kier molecular flexibility index (Phi) is 4.19. The molecule has 0 saturated heterocycles. The first-order valence-electron chi connectivity index (χ1n) is 5.34. The molecule has 1 aromatic carbocycles. The SMILES string of the molecule is C=C(C(N)Cc1ccccc1)C(F)(F)CC. The molecular weight excluding hydrogens is 208 g/mol. The minimum absolute atomic E-state index is 0.182. The minimum atomic E-state index is -2.87. The monoisotopic (exact) mass is 225 g/mol. The van der Waals surface area contributed by atoms with Crippen LogP contribution in [0.5, 0.6) is 0 Å². The molecule has 2 N–H and O–H groups in total. The molecule has 0 spiro atoms. The molecule has 0 aliphatic heterocycles. The van der Waals surface area contributed by atoms with E-state index in [0.717, 1.165) is 5.56 Å². The molecule has 0 amide bonds. The number of halogens is 2. The standard InChI is InChI=1S/C13H17F2N/c1-3-13(14,15)10(2)12(16)9-11-7-5-4-6-8-11/h4-8,12H,2-3,9,16H2,1H3. The van der Waals surface area contributed by atoms with Gasteiger partial charge in [0.15, 0.2) is 0 Å². The number of benzene rings is 1. The van der Waals surface area contributed by atoms with E-state index >= 15 is 0 Å². The number of hydrogen-bond acceptors (Lipinski definition) is 1. The first-order chi connectivity index (χ1) is 7.47. The van der Waals surface area contributed by atoms with Crippen molar-refractivity contribution in [2.45, 2.75) is 31.7 Å². The summed E-state index contributed by atoms with van der Waals surface area (Å²) in [6.07, 6.45) is 0.142. The zero-order chi connectivity index (χ0) is 12.2. The Balaban J connectivity index is 2.66. The topological polar surface area (TPSA) is 26.0 Å². The Morgan fingerprint density at radius 3 is 2.44 bits per heavy atom. The van der Waals surface area contributed by atoms with Crippen LogP contribution in [0.15, 0.2) is 42.5 Å². The highest BCUT2D eigenvalue weighted by molar-refractivity contribution is 5.22. The molecule has 0 fully saturated rings. The molecule has 16 heavy (non-hydrogen) atoms. The number of hydrogen-bond donors (Lipinski definition) is 1.